The number of hydrogen-bond donors (Lipinski definition) is 0. The monoisotopic (exact) mass is 258 g/mol. The van der Waals surface area contributed by atoms with E-state index in [-0.39, 0.29) is 11.9 Å². The van der Waals surface area contributed by atoms with Gasteiger partial charge in [-0.3, -0.25) is 0 Å². The first-order valence-corrected chi connectivity index (χ1v) is 5.68. The molecule has 0 saturated heterocycles. The van der Waals surface area contributed by atoms with Crippen LogP contribution in [-0.2, 0) is 4.74 Å². The third-order valence-electron chi connectivity index (χ3n) is 1.93. The van der Waals surface area contributed by atoms with Crippen LogP contribution in [0.5, 0.6) is 5.75 Å². The zero-order valence-corrected chi connectivity index (χ0v) is 10.8. The van der Waals surface area contributed by atoms with Crippen molar-refractivity contribution in [1.29, 1.82) is 0 Å². The summed E-state index contributed by atoms with van der Waals surface area (Å²) in [6.45, 7) is 6.67. The summed E-state index contributed by atoms with van der Waals surface area (Å²) in [5, 5.41) is 0. The van der Waals surface area contributed by atoms with Gasteiger partial charge in [0.15, 0.2) is 0 Å². The molecule has 0 heterocycles. The van der Waals surface area contributed by atoms with Crippen LogP contribution in [-0.4, -0.2) is 18.2 Å². The van der Waals surface area contributed by atoms with Crippen molar-refractivity contribution in [3.8, 4) is 5.75 Å². The van der Waals surface area contributed by atoms with Gasteiger partial charge in [0, 0.05) is 12.1 Å². The fraction of sp³-hybridized carbons (Fsp3) is 0.462. The third-order valence-corrected chi connectivity index (χ3v) is 1.93. The highest BCUT2D eigenvalue weighted by atomic mass is 19.1. The van der Waals surface area contributed by atoms with E-state index in [0.29, 0.717) is 0 Å². The number of rotatable bonds is 4. The Labute approximate surface area is 105 Å². The van der Waals surface area contributed by atoms with Crippen molar-refractivity contribution in [3.05, 3.63) is 29.3 Å². The molecule has 0 spiro atoms. The fourth-order valence-electron chi connectivity index (χ4n) is 1.36. The lowest BCUT2D eigenvalue weighted by Gasteiger charge is -2.13. The number of hydrogen-bond acceptors (Lipinski definition) is 3. The van der Waals surface area contributed by atoms with E-state index >= 15 is 0 Å². The molecule has 0 atom stereocenters. The molecule has 0 bridgehead atoms. The molecule has 0 N–H and O–H groups in total. The smallest absolute Gasteiger partial charge is 0.344 e. The molecule has 0 aliphatic heterocycles. The average molecular weight is 258 g/mol. The zero-order chi connectivity index (χ0) is 13.9. The Morgan fingerprint density at radius 2 is 1.56 bits per heavy atom. The van der Waals surface area contributed by atoms with Crippen LogP contribution < -0.4 is 4.74 Å². The Balaban J connectivity index is 3.04. The van der Waals surface area contributed by atoms with Crippen molar-refractivity contribution < 1.29 is 23.0 Å². The van der Waals surface area contributed by atoms with E-state index in [2.05, 4.69) is 0 Å². The zero-order valence-electron chi connectivity index (χ0n) is 10.8. The van der Waals surface area contributed by atoms with Gasteiger partial charge in [0.1, 0.15) is 22.9 Å². The summed E-state index contributed by atoms with van der Waals surface area (Å²) in [6.07, 6.45) is -0.653. The summed E-state index contributed by atoms with van der Waals surface area (Å²) < 4.78 is 37.2. The Morgan fingerprint density at radius 1 is 1.06 bits per heavy atom. The quantitative estimate of drug-likeness (QED) is 0.777. The summed E-state index contributed by atoms with van der Waals surface area (Å²) in [5.41, 5.74) is -0.695. The lowest BCUT2D eigenvalue weighted by atomic mass is 10.2. The first-order valence-electron chi connectivity index (χ1n) is 5.68. The number of benzene rings is 1. The van der Waals surface area contributed by atoms with Crippen LogP contribution in [0.15, 0.2) is 12.1 Å². The third kappa shape index (κ3) is 3.68. The molecule has 0 amide bonds. The van der Waals surface area contributed by atoms with E-state index in [1.54, 1.807) is 27.7 Å². The van der Waals surface area contributed by atoms with Crippen LogP contribution >= 0.6 is 0 Å². The summed E-state index contributed by atoms with van der Waals surface area (Å²) >= 11 is 0. The topological polar surface area (TPSA) is 35.5 Å². The Bertz CT molecular complexity index is 419. The summed E-state index contributed by atoms with van der Waals surface area (Å²) in [5.74, 6) is -2.95. The lowest BCUT2D eigenvalue weighted by molar-refractivity contribution is 0.0366. The highest BCUT2D eigenvalue weighted by Gasteiger charge is 2.21. The van der Waals surface area contributed by atoms with E-state index in [1.165, 1.54) is 0 Å². The van der Waals surface area contributed by atoms with Crippen LogP contribution in [0.25, 0.3) is 0 Å². The molecule has 0 aliphatic carbocycles. The molecule has 3 nitrogen and oxygen atoms in total. The van der Waals surface area contributed by atoms with Crippen LogP contribution in [0.4, 0.5) is 8.78 Å². The highest BCUT2D eigenvalue weighted by molar-refractivity contribution is 5.90. The Hall–Kier alpha value is -1.65. The van der Waals surface area contributed by atoms with E-state index < -0.39 is 29.3 Å². The first kappa shape index (κ1) is 14.4. The molecule has 0 radical (unpaired) electrons. The van der Waals surface area contributed by atoms with E-state index in [1.807, 2.05) is 0 Å². The van der Waals surface area contributed by atoms with Crippen molar-refractivity contribution in [2.45, 2.75) is 39.9 Å². The van der Waals surface area contributed by atoms with Crippen molar-refractivity contribution >= 4 is 5.97 Å². The summed E-state index contributed by atoms with van der Waals surface area (Å²) in [7, 11) is 0. The van der Waals surface area contributed by atoms with Gasteiger partial charge >= 0.3 is 5.97 Å². The molecule has 0 aliphatic rings. The standard InChI is InChI=1S/C13H16F2O3/c1-7(2)17-9-5-10(14)12(11(15)6-9)13(16)18-8(3)4/h5-8H,1-4H3. The predicted molar refractivity (Wildman–Crippen MR) is 62.7 cm³/mol. The van der Waals surface area contributed by atoms with Gasteiger partial charge in [-0.1, -0.05) is 0 Å². The van der Waals surface area contributed by atoms with Crippen LogP contribution in [0.3, 0.4) is 0 Å². The van der Waals surface area contributed by atoms with E-state index in [4.69, 9.17) is 9.47 Å². The fourth-order valence-corrected chi connectivity index (χ4v) is 1.36. The SMILES string of the molecule is CC(C)OC(=O)c1c(F)cc(OC(C)C)cc1F. The number of esters is 1. The average Bonchev–Trinajstić information content (AvgIpc) is 2.12. The normalized spacial score (nSPS) is 10.9. The molecule has 1 rings (SSSR count). The summed E-state index contributed by atoms with van der Waals surface area (Å²) in [6, 6.07) is 1.94. The predicted octanol–water partition coefficient (Wildman–Crippen LogP) is 3.32. The molecule has 5 heteroatoms. The van der Waals surface area contributed by atoms with Gasteiger partial charge < -0.3 is 9.47 Å². The minimum atomic E-state index is -1.02. The molecule has 1 aromatic rings. The molecule has 0 aromatic heterocycles. The summed E-state index contributed by atoms with van der Waals surface area (Å²) in [4.78, 5) is 11.5. The van der Waals surface area contributed by atoms with Gasteiger partial charge in [-0.05, 0) is 27.7 Å². The molecule has 1 aromatic carbocycles. The van der Waals surface area contributed by atoms with Gasteiger partial charge in [-0.2, -0.15) is 0 Å². The number of halogens is 2. The minimum absolute atomic E-state index is 0.0427. The first-order chi connectivity index (χ1) is 8.31. The number of ether oxygens (including phenoxy) is 2. The maximum atomic E-state index is 13.6. The molecule has 0 saturated carbocycles. The van der Waals surface area contributed by atoms with Crippen LogP contribution in [0.1, 0.15) is 38.1 Å². The maximum Gasteiger partial charge on any atom is 0.344 e. The van der Waals surface area contributed by atoms with Crippen molar-refractivity contribution in [1.82, 2.24) is 0 Å². The number of carbonyl (C=O) groups is 1. The van der Waals surface area contributed by atoms with Crippen molar-refractivity contribution in [3.63, 3.8) is 0 Å². The molecular formula is C13H16F2O3. The van der Waals surface area contributed by atoms with Gasteiger partial charge in [0.25, 0.3) is 0 Å². The largest absolute Gasteiger partial charge is 0.491 e. The molecule has 0 fully saturated rings. The van der Waals surface area contributed by atoms with Crippen LogP contribution in [0.2, 0.25) is 0 Å². The van der Waals surface area contributed by atoms with Crippen LogP contribution in [0, 0.1) is 11.6 Å². The maximum absolute atomic E-state index is 13.6. The minimum Gasteiger partial charge on any atom is -0.491 e. The van der Waals surface area contributed by atoms with Gasteiger partial charge in [-0.15, -0.1) is 0 Å². The second kappa shape index (κ2) is 5.80. The van der Waals surface area contributed by atoms with Crippen molar-refractivity contribution in [2.75, 3.05) is 0 Å². The Morgan fingerprint density at radius 3 is 1.94 bits per heavy atom. The number of carbonyl (C=O) groups excluding carboxylic acids is 1. The van der Waals surface area contributed by atoms with E-state index in [9.17, 15) is 13.6 Å². The van der Waals surface area contributed by atoms with Gasteiger partial charge in [0.05, 0.1) is 12.2 Å². The second-order valence-electron chi connectivity index (χ2n) is 4.38. The molecule has 18 heavy (non-hydrogen) atoms. The highest BCUT2D eigenvalue weighted by Crippen LogP contribution is 2.22. The lowest BCUT2D eigenvalue weighted by Crippen LogP contribution is -2.15. The van der Waals surface area contributed by atoms with Crippen molar-refractivity contribution in [2.24, 2.45) is 0 Å². The molecular weight excluding hydrogens is 242 g/mol. The van der Waals surface area contributed by atoms with Gasteiger partial charge in [-0.25, -0.2) is 13.6 Å². The van der Waals surface area contributed by atoms with E-state index in [0.717, 1.165) is 12.1 Å². The Kier molecular flexibility index (Phi) is 4.64. The molecule has 0 unspecified atom stereocenters. The van der Waals surface area contributed by atoms with Gasteiger partial charge in [0.2, 0.25) is 0 Å². The molecule has 100 valence electrons. The second-order valence-corrected chi connectivity index (χ2v) is 4.38.